The molecule has 2 aromatic carbocycles. The van der Waals surface area contributed by atoms with Crippen molar-refractivity contribution in [2.45, 2.75) is 12.6 Å². The highest BCUT2D eigenvalue weighted by molar-refractivity contribution is 9.10. The SMILES string of the molecule is COC(=O)c1ccc(C2c3c(oc4ccc(Br)cc4c3=O)C(=O)N2Cc2cccnc2)cc1. The Hall–Kier alpha value is -3.78. The molecular formula is C25H17BrN2O5. The predicted molar refractivity (Wildman–Crippen MR) is 124 cm³/mol. The molecule has 0 aliphatic carbocycles. The van der Waals surface area contributed by atoms with Crippen LogP contribution in [0.25, 0.3) is 11.0 Å². The number of nitrogens with zero attached hydrogens (tertiary/aromatic N) is 2. The van der Waals surface area contributed by atoms with E-state index in [4.69, 9.17) is 9.15 Å². The van der Waals surface area contributed by atoms with Crippen LogP contribution >= 0.6 is 15.9 Å². The van der Waals surface area contributed by atoms with Gasteiger partial charge >= 0.3 is 5.97 Å². The fourth-order valence-corrected chi connectivity index (χ4v) is 4.47. The molecule has 4 aromatic rings. The zero-order valence-electron chi connectivity index (χ0n) is 17.4. The zero-order chi connectivity index (χ0) is 23.1. The van der Waals surface area contributed by atoms with Gasteiger partial charge < -0.3 is 14.1 Å². The predicted octanol–water partition coefficient (Wildman–Crippen LogP) is 4.48. The number of ether oxygens (including phenoxy) is 1. The minimum absolute atomic E-state index is 0.0285. The van der Waals surface area contributed by atoms with E-state index in [0.717, 1.165) is 10.0 Å². The summed E-state index contributed by atoms with van der Waals surface area (Å²) >= 11 is 3.39. The summed E-state index contributed by atoms with van der Waals surface area (Å²) in [7, 11) is 1.31. The molecule has 0 N–H and O–H groups in total. The first kappa shape index (κ1) is 21.1. The lowest BCUT2D eigenvalue weighted by Gasteiger charge is -2.25. The summed E-state index contributed by atoms with van der Waals surface area (Å²) in [5.41, 5.74) is 2.23. The van der Waals surface area contributed by atoms with Gasteiger partial charge in [-0.3, -0.25) is 14.6 Å². The van der Waals surface area contributed by atoms with Crippen molar-refractivity contribution in [3.05, 3.63) is 110 Å². The summed E-state index contributed by atoms with van der Waals surface area (Å²) in [5, 5.41) is 0.385. The van der Waals surface area contributed by atoms with E-state index >= 15 is 0 Å². The number of methoxy groups -OCH3 is 1. The highest BCUT2D eigenvalue weighted by Crippen LogP contribution is 2.39. The average Bonchev–Trinajstić information content (AvgIpc) is 3.11. The molecular weight excluding hydrogens is 488 g/mol. The van der Waals surface area contributed by atoms with E-state index in [2.05, 4.69) is 20.9 Å². The van der Waals surface area contributed by atoms with E-state index in [0.29, 0.717) is 22.1 Å². The molecule has 5 rings (SSSR count). The van der Waals surface area contributed by atoms with Gasteiger partial charge in [-0.1, -0.05) is 34.1 Å². The maximum atomic E-state index is 13.6. The van der Waals surface area contributed by atoms with Gasteiger partial charge in [0, 0.05) is 23.4 Å². The van der Waals surface area contributed by atoms with Gasteiger partial charge in [0.05, 0.1) is 29.7 Å². The van der Waals surface area contributed by atoms with Crippen molar-refractivity contribution in [3.63, 3.8) is 0 Å². The lowest BCUT2D eigenvalue weighted by Crippen LogP contribution is -2.29. The Bertz CT molecular complexity index is 1450. The molecule has 1 amide bonds. The molecule has 0 spiro atoms. The van der Waals surface area contributed by atoms with Crippen LogP contribution in [0, 0.1) is 0 Å². The van der Waals surface area contributed by atoms with E-state index in [1.807, 2.05) is 6.07 Å². The summed E-state index contributed by atoms with van der Waals surface area (Å²) in [6.07, 6.45) is 3.33. The highest BCUT2D eigenvalue weighted by Gasteiger charge is 2.42. The van der Waals surface area contributed by atoms with Gasteiger partial charge in [-0.2, -0.15) is 0 Å². The standard InChI is InChI=1S/C25H17BrN2O5/c1-32-25(31)16-6-4-15(5-7-16)21-20-22(29)18-11-17(26)8-9-19(18)33-23(20)24(30)28(21)13-14-3-2-10-27-12-14/h2-12,21H,13H2,1H3. The molecule has 1 unspecified atom stereocenters. The number of amides is 1. The summed E-state index contributed by atoms with van der Waals surface area (Å²) in [4.78, 5) is 44.6. The van der Waals surface area contributed by atoms with Crippen LogP contribution in [0.3, 0.4) is 0 Å². The van der Waals surface area contributed by atoms with E-state index in [9.17, 15) is 14.4 Å². The Labute approximate surface area is 196 Å². The lowest BCUT2D eigenvalue weighted by molar-refractivity contribution is 0.0599. The second-order valence-corrected chi connectivity index (χ2v) is 8.54. The Morgan fingerprint density at radius 2 is 1.94 bits per heavy atom. The summed E-state index contributed by atoms with van der Waals surface area (Å²) in [6, 6.07) is 14.8. The number of carbonyl (C=O) groups excluding carboxylic acids is 2. The smallest absolute Gasteiger partial charge is 0.337 e. The zero-order valence-corrected chi connectivity index (χ0v) is 19.0. The second kappa shape index (κ2) is 8.29. The first-order chi connectivity index (χ1) is 16.0. The van der Waals surface area contributed by atoms with Crippen LogP contribution in [0.4, 0.5) is 0 Å². The molecule has 33 heavy (non-hydrogen) atoms. The normalized spacial score (nSPS) is 15.0. The maximum absolute atomic E-state index is 13.6. The van der Waals surface area contributed by atoms with Crippen molar-refractivity contribution in [1.82, 2.24) is 9.88 Å². The number of pyridine rings is 1. The Morgan fingerprint density at radius 3 is 2.64 bits per heavy atom. The van der Waals surface area contributed by atoms with Crippen LogP contribution in [-0.2, 0) is 11.3 Å². The molecule has 2 aromatic heterocycles. The molecule has 1 atom stereocenters. The van der Waals surface area contributed by atoms with Crippen molar-refractivity contribution in [1.29, 1.82) is 0 Å². The van der Waals surface area contributed by atoms with Crippen LogP contribution < -0.4 is 5.43 Å². The quantitative estimate of drug-likeness (QED) is 0.380. The fraction of sp³-hybridized carbons (Fsp3) is 0.120. The Balaban J connectivity index is 1.70. The first-order valence-corrected chi connectivity index (χ1v) is 10.9. The van der Waals surface area contributed by atoms with Crippen LogP contribution in [0.2, 0.25) is 0 Å². The Kier molecular flexibility index (Phi) is 5.30. The van der Waals surface area contributed by atoms with Gasteiger partial charge in [0.1, 0.15) is 5.58 Å². The van der Waals surface area contributed by atoms with Crippen LogP contribution in [0.15, 0.2) is 80.7 Å². The number of carbonyl (C=O) groups is 2. The van der Waals surface area contributed by atoms with E-state index in [-0.39, 0.29) is 29.2 Å². The van der Waals surface area contributed by atoms with Gasteiger partial charge in [-0.15, -0.1) is 0 Å². The van der Waals surface area contributed by atoms with Crippen molar-refractivity contribution < 1.29 is 18.7 Å². The van der Waals surface area contributed by atoms with Crippen LogP contribution in [0.1, 0.15) is 43.6 Å². The number of halogens is 1. The number of esters is 1. The molecule has 0 radical (unpaired) electrons. The molecule has 0 fully saturated rings. The van der Waals surface area contributed by atoms with Gasteiger partial charge in [0.2, 0.25) is 5.76 Å². The number of rotatable bonds is 4. The molecule has 0 saturated carbocycles. The van der Waals surface area contributed by atoms with E-state index in [1.165, 1.54) is 7.11 Å². The number of benzene rings is 2. The van der Waals surface area contributed by atoms with Crippen molar-refractivity contribution in [2.75, 3.05) is 7.11 Å². The maximum Gasteiger partial charge on any atom is 0.337 e. The van der Waals surface area contributed by atoms with Gasteiger partial charge in [-0.05, 0) is 47.5 Å². The van der Waals surface area contributed by atoms with E-state index < -0.39 is 12.0 Å². The topological polar surface area (TPSA) is 89.7 Å². The highest BCUT2D eigenvalue weighted by atomic mass is 79.9. The molecule has 164 valence electrons. The van der Waals surface area contributed by atoms with Crippen molar-refractivity contribution in [2.24, 2.45) is 0 Å². The lowest BCUT2D eigenvalue weighted by atomic mass is 9.97. The Morgan fingerprint density at radius 1 is 1.15 bits per heavy atom. The van der Waals surface area contributed by atoms with Gasteiger partial charge in [-0.25, -0.2) is 4.79 Å². The van der Waals surface area contributed by atoms with Crippen LogP contribution in [-0.4, -0.2) is 28.9 Å². The number of hydrogen-bond acceptors (Lipinski definition) is 6. The molecule has 3 heterocycles. The van der Waals surface area contributed by atoms with Gasteiger partial charge in [0.25, 0.3) is 5.91 Å². The third-order valence-electron chi connectivity index (χ3n) is 5.65. The third-order valence-corrected chi connectivity index (χ3v) is 6.14. The fourth-order valence-electron chi connectivity index (χ4n) is 4.11. The first-order valence-electron chi connectivity index (χ1n) is 10.1. The molecule has 1 aliphatic rings. The molecule has 0 saturated heterocycles. The molecule has 0 bridgehead atoms. The van der Waals surface area contributed by atoms with Crippen LogP contribution in [0.5, 0.6) is 0 Å². The summed E-state index contributed by atoms with van der Waals surface area (Å²) < 4.78 is 11.5. The average molecular weight is 505 g/mol. The largest absolute Gasteiger partial charge is 0.465 e. The number of fused-ring (bicyclic) bond motifs is 2. The van der Waals surface area contributed by atoms with Crippen molar-refractivity contribution >= 4 is 38.8 Å². The minimum Gasteiger partial charge on any atom is -0.465 e. The van der Waals surface area contributed by atoms with Crippen molar-refractivity contribution in [3.8, 4) is 0 Å². The minimum atomic E-state index is -0.681. The molecule has 8 heteroatoms. The second-order valence-electron chi connectivity index (χ2n) is 7.62. The molecule has 1 aliphatic heterocycles. The van der Waals surface area contributed by atoms with E-state index in [1.54, 1.807) is 65.8 Å². The molecule has 7 nitrogen and oxygen atoms in total. The summed E-state index contributed by atoms with van der Waals surface area (Å²) in [6.45, 7) is 0.236. The van der Waals surface area contributed by atoms with Gasteiger partial charge in [0.15, 0.2) is 5.43 Å². The number of hydrogen-bond donors (Lipinski definition) is 0. The number of aromatic nitrogens is 1. The third kappa shape index (κ3) is 3.62. The monoisotopic (exact) mass is 504 g/mol. The summed E-state index contributed by atoms with van der Waals surface area (Å²) in [5.74, 6) is -0.814.